The average molecular weight is 288 g/mol. The summed E-state index contributed by atoms with van der Waals surface area (Å²) in [7, 11) is 3.47. The van der Waals surface area contributed by atoms with E-state index in [4.69, 9.17) is 4.74 Å². The predicted octanol–water partition coefficient (Wildman–Crippen LogP) is 2.83. The van der Waals surface area contributed by atoms with Gasteiger partial charge in [0.25, 0.3) is 0 Å². The molecule has 0 unspecified atom stereocenters. The molecule has 0 fully saturated rings. The second kappa shape index (κ2) is 6.41. The zero-order valence-corrected chi connectivity index (χ0v) is 12.7. The van der Waals surface area contributed by atoms with E-state index >= 15 is 0 Å². The Hall–Kier alpha value is -2.34. The van der Waals surface area contributed by atoms with Gasteiger partial charge in [0.1, 0.15) is 0 Å². The topological polar surface area (TPSA) is 68.2 Å². The van der Waals surface area contributed by atoms with Gasteiger partial charge in [-0.1, -0.05) is 18.2 Å². The van der Waals surface area contributed by atoms with E-state index in [-0.39, 0.29) is 6.03 Å². The Kier molecular flexibility index (Phi) is 4.59. The monoisotopic (exact) mass is 288 g/mol. The van der Waals surface area contributed by atoms with Crippen LogP contribution in [0.5, 0.6) is 0 Å². The van der Waals surface area contributed by atoms with Crippen LogP contribution in [0.25, 0.3) is 0 Å². The number of hydrogen-bond acceptors (Lipinski definition) is 3. The molecular formula is C15H20N4O2. The fraction of sp³-hybridized carbons (Fsp3) is 0.333. The number of methoxy groups -OCH3 is 1. The minimum absolute atomic E-state index is 0.294. The summed E-state index contributed by atoms with van der Waals surface area (Å²) in [6, 6.07) is 7.25. The lowest BCUT2D eigenvalue weighted by Crippen LogP contribution is -2.21. The Balaban J connectivity index is 2.12. The third-order valence-corrected chi connectivity index (χ3v) is 3.31. The van der Waals surface area contributed by atoms with Gasteiger partial charge in [-0.2, -0.15) is 5.10 Å². The number of nitrogens with zero attached hydrogens (tertiary/aromatic N) is 2. The number of anilines is 2. The van der Waals surface area contributed by atoms with Gasteiger partial charge < -0.3 is 15.4 Å². The molecule has 0 bridgehead atoms. The maximum atomic E-state index is 12.2. The molecule has 6 nitrogen and oxygen atoms in total. The quantitative estimate of drug-likeness (QED) is 0.909. The maximum Gasteiger partial charge on any atom is 0.323 e. The highest BCUT2D eigenvalue weighted by Crippen LogP contribution is 2.20. The van der Waals surface area contributed by atoms with Crippen LogP contribution in [0.1, 0.15) is 17.0 Å². The molecule has 0 aliphatic rings. The van der Waals surface area contributed by atoms with Crippen molar-refractivity contribution in [1.29, 1.82) is 0 Å². The second-order valence-corrected chi connectivity index (χ2v) is 4.84. The number of carbonyl (C=O) groups excluding carboxylic acids is 1. The number of nitrogens with one attached hydrogen (secondary N) is 2. The van der Waals surface area contributed by atoms with Crippen LogP contribution in [0.3, 0.4) is 0 Å². The molecule has 2 aromatic rings. The lowest BCUT2D eigenvalue weighted by Gasteiger charge is -2.11. The average Bonchev–Trinajstić information content (AvgIpc) is 2.68. The smallest absolute Gasteiger partial charge is 0.323 e. The summed E-state index contributed by atoms with van der Waals surface area (Å²) in [5.41, 5.74) is 4.09. The Morgan fingerprint density at radius 2 is 2.00 bits per heavy atom. The summed E-state index contributed by atoms with van der Waals surface area (Å²) in [6.45, 7) is 4.22. The molecule has 0 radical (unpaired) electrons. The Morgan fingerprint density at radius 3 is 2.62 bits per heavy atom. The standard InChI is InChI=1S/C15H20N4O2/c1-10-14(11(2)19(3)18-10)17-15(20)16-13-8-6-5-7-12(13)9-21-4/h5-8H,9H2,1-4H3,(H2,16,17,20). The summed E-state index contributed by atoms with van der Waals surface area (Å²) in [6.07, 6.45) is 0. The number of aryl methyl sites for hydroxylation is 2. The summed E-state index contributed by atoms with van der Waals surface area (Å²) >= 11 is 0. The highest BCUT2D eigenvalue weighted by atomic mass is 16.5. The van der Waals surface area contributed by atoms with Gasteiger partial charge in [0.05, 0.1) is 23.7 Å². The highest BCUT2D eigenvalue weighted by molar-refractivity contribution is 6.00. The molecule has 0 saturated carbocycles. The van der Waals surface area contributed by atoms with Crippen molar-refractivity contribution >= 4 is 17.4 Å². The Bertz CT molecular complexity index is 649. The van der Waals surface area contributed by atoms with Crippen molar-refractivity contribution < 1.29 is 9.53 Å². The number of rotatable bonds is 4. The first-order valence-electron chi connectivity index (χ1n) is 6.68. The van der Waals surface area contributed by atoms with Crippen molar-refractivity contribution in [2.45, 2.75) is 20.5 Å². The molecule has 1 aromatic carbocycles. The first-order valence-corrected chi connectivity index (χ1v) is 6.68. The van der Waals surface area contributed by atoms with Crippen LogP contribution in [0.2, 0.25) is 0 Å². The van der Waals surface area contributed by atoms with Crippen molar-refractivity contribution in [3.63, 3.8) is 0 Å². The lowest BCUT2D eigenvalue weighted by molar-refractivity contribution is 0.185. The third-order valence-electron chi connectivity index (χ3n) is 3.31. The largest absolute Gasteiger partial charge is 0.380 e. The first kappa shape index (κ1) is 15.1. The van der Waals surface area contributed by atoms with E-state index in [9.17, 15) is 4.79 Å². The molecule has 6 heteroatoms. The molecule has 0 spiro atoms. The van der Waals surface area contributed by atoms with E-state index in [1.165, 1.54) is 0 Å². The van der Waals surface area contributed by atoms with Crippen molar-refractivity contribution in [3.8, 4) is 0 Å². The fourth-order valence-electron chi connectivity index (χ4n) is 2.15. The molecule has 21 heavy (non-hydrogen) atoms. The van der Waals surface area contributed by atoms with E-state index in [0.29, 0.717) is 6.61 Å². The number of amides is 2. The normalized spacial score (nSPS) is 10.5. The van der Waals surface area contributed by atoms with Crippen molar-refractivity contribution in [3.05, 3.63) is 41.2 Å². The van der Waals surface area contributed by atoms with Gasteiger partial charge in [-0.05, 0) is 19.9 Å². The van der Waals surface area contributed by atoms with Crippen LogP contribution in [-0.4, -0.2) is 22.9 Å². The molecule has 1 heterocycles. The zero-order valence-electron chi connectivity index (χ0n) is 12.7. The summed E-state index contributed by atoms with van der Waals surface area (Å²) < 4.78 is 6.86. The summed E-state index contributed by atoms with van der Waals surface area (Å²) in [4.78, 5) is 12.2. The zero-order chi connectivity index (χ0) is 15.4. The van der Waals surface area contributed by atoms with Gasteiger partial charge in [-0.3, -0.25) is 4.68 Å². The molecule has 0 aliphatic heterocycles. The molecular weight excluding hydrogens is 268 g/mol. The van der Waals surface area contributed by atoms with Crippen LogP contribution in [0, 0.1) is 13.8 Å². The van der Waals surface area contributed by atoms with E-state index in [2.05, 4.69) is 15.7 Å². The second-order valence-electron chi connectivity index (χ2n) is 4.84. The number of benzene rings is 1. The number of ether oxygens (including phenoxy) is 1. The fourth-order valence-corrected chi connectivity index (χ4v) is 2.15. The van der Waals surface area contributed by atoms with E-state index in [1.54, 1.807) is 11.8 Å². The van der Waals surface area contributed by atoms with Crippen molar-refractivity contribution in [2.75, 3.05) is 17.7 Å². The molecule has 112 valence electrons. The SMILES string of the molecule is COCc1ccccc1NC(=O)Nc1c(C)nn(C)c1C. The minimum Gasteiger partial charge on any atom is -0.380 e. The van der Waals surface area contributed by atoms with Crippen LogP contribution in [0.4, 0.5) is 16.2 Å². The number of aromatic nitrogens is 2. The maximum absolute atomic E-state index is 12.2. The van der Waals surface area contributed by atoms with Gasteiger partial charge in [0, 0.05) is 25.4 Å². The van der Waals surface area contributed by atoms with Crippen LogP contribution < -0.4 is 10.6 Å². The van der Waals surface area contributed by atoms with Crippen molar-refractivity contribution in [1.82, 2.24) is 9.78 Å². The number of carbonyl (C=O) groups is 1. The van der Waals surface area contributed by atoms with Gasteiger partial charge >= 0.3 is 6.03 Å². The van der Waals surface area contributed by atoms with E-state index in [1.807, 2.05) is 45.2 Å². The van der Waals surface area contributed by atoms with Crippen LogP contribution in [-0.2, 0) is 18.4 Å². The molecule has 0 saturated heterocycles. The minimum atomic E-state index is -0.294. The highest BCUT2D eigenvalue weighted by Gasteiger charge is 2.13. The van der Waals surface area contributed by atoms with Crippen LogP contribution >= 0.6 is 0 Å². The third kappa shape index (κ3) is 3.41. The summed E-state index contributed by atoms with van der Waals surface area (Å²) in [5.74, 6) is 0. The first-order chi connectivity index (χ1) is 10.0. The Labute approximate surface area is 124 Å². The number of urea groups is 1. The van der Waals surface area contributed by atoms with E-state index in [0.717, 1.165) is 28.3 Å². The molecule has 2 rings (SSSR count). The van der Waals surface area contributed by atoms with Gasteiger partial charge in [0.2, 0.25) is 0 Å². The van der Waals surface area contributed by atoms with E-state index < -0.39 is 0 Å². The van der Waals surface area contributed by atoms with Crippen molar-refractivity contribution in [2.24, 2.45) is 7.05 Å². The number of para-hydroxylation sites is 1. The van der Waals surface area contributed by atoms with Gasteiger partial charge in [-0.15, -0.1) is 0 Å². The Morgan fingerprint density at radius 1 is 1.29 bits per heavy atom. The predicted molar refractivity (Wildman–Crippen MR) is 82.5 cm³/mol. The van der Waals surface area contributed by atoms with Gasteiger partial charge in [-0.25, -0.2) is 4.79 Å². The molecule has 2 N–H and O–H groups in total. The molecule has 2 amide bonds. The lowest BCUT2D eigenvalue weighted by atomic mass is 10.2. The molecule has 1 aromatic heterocycles. The van der Waals surface area contributed by atoms with Crippen LogP contribution in [0.15, 0.2) is 24.3 Å². The molecule has 0 atom stereocenters. The summed E-state index contributed by atoms with van der Waals surface area (Å²) in [5, 5.41) is 9.96. The van der Waals surface area contributed by atoms with Gasteiger partial charge in [0.15, 0.2) is 0 Å². The molecule has 0 aliphatic carbocycles. The number of hydrogen-bond donors (Lipinski definition) is 2.